The Kier molecular flexibility index (Phi) is 5.14. The van der Waals surface area contributed by atoms with Crippen LogP contribution in [0.5, 0.6) is 0 Å². The van der Waals surface area contributed by atoms with Gasteiger partial charge in [0.2, 0.25) is 0 Å². The SMILES string of the molecule is O=C(Nc1cc(F)c(-c2ccoc2)cc1N1CCNCC1)c1cccc2ccccc12. The zero-order valence-corrected chi connectivity index (χ0v) is 16.9. The Hall–Kier alpha value is -3.64. The first-order valence-corrected chi connectivity index (χ1v) is 10.3. The lowest BCUT2D eigenvalue weighted by Gasteiger charge is -2.31. The number of nitrogens with one attached hydrogen (secondary N) is 2. The summed E-state index contributed by atoms with van der Waals surface area (Å²) < 4.78 is 20.2. The summed E-state index contributed by atoms with van der Waals surface area (Å²) in [5.41, 5.74) is 2.94. The van der Waals surface area contributed by atoms with Gasteiger partial charge in [-0.3, -0.25) is 4.79 Å². The third-order valence-corrected chi connectivity index (χ3v) is 5.66. The lowest BCUT2D eigenvalue weighted by molar-refractivity contribution is 0.102. The van der Waals surface area contributed by atoms with Crippen molar-refractivity contribution in [2.75, 3.05) is 36.4 Å². The Morgan fingerprint density at radius 2 is 1.84 bits per heavy atom. The maximum absolute atomic E-state index is 15.0. The van der Waals surface area contributed by atoms with Crippen molar-refractivity contribution in [3.63, 3.8) is 0 Å². The van der Waals surface area contributed by atoms with Crippen LogP contribution in [0.1, 0.15) is 10.4 Å². The summed E-state index contributed by atoms with van der Waals surface area (Å²) in [6.45, 7) is 3.20. The molecule has 5 rings (SSSR count). The van der Waals surface area contributed by atoms with Crippen LogP contribution < -0.4 is 15.5 Å². The summed E-state index contributed by atoms with van der Waals surface area (Å²) in [6.07, 6.45) is 3.05. The molecule has 4 aromatic rings. The van der Waals surface area contributed by atoms with Crippen molar-refractivity contribution < 1.29 is 13.6 Å². The van der Waals surface area contributed by atoms with Gasteiger partial charge in [-0.15, -0.1) is 0 Å². The molecule has 0 bridgehead atoms. The van der Waals surface area contributed by atoms with Crippen LogP contribution in [0.4, 0.5) is 15.8 Å². The lowest BCUT2D eigenvalue weighted by atomic mass is 10.0. The van der Waals surface area contributed by atoms with Crippen molar-refractivity contribution in [3.8, 4) is 11.1 Å². The van der Waals surface area contributed by atoms with E-state index in [1.807, 2.05) is 36.4 Å². The molecule has 2 heterocycles. The van der Waals surface area contributed by atoms with E-state index in [0.717, 1.165) is 42.6 Å². The number of anilines is 2. The van der Waals surface area contributed by atoms with Gasteiger partial charge in [0.05, 0.1) is 23.9 Å². The summed E-state index contributed by atoms with van der Waals surface area (Å²) in [4.78, 5) is 15.4. The number of halogens is 1. The molecule has 156 valence electrons. The van der Waals surface area contributed by atoms with E-state index in [2.05, 4.69) is 15.5 Å². The van der Waals surface area contributed by atoms with Crippen LogP contribution in [-0.4, -0.2) is 32.1 Å². The fraction of sp³-hybridized carbons (Fsp3) is 0.160. The highest BCUT2D eigenvalue weighted by molar-refractivity contribution is 6.14. The number of furan rings is 1. The van der Waals surface area contributed by atoms with Crippen molar-refractivity contribution in [1.29, 1.82) is 0 Å². The zero-order chi connectivity index (χ0) is 21.2. The molecule has 1 amide bonds. The Morgan fingerprint density at radius 3 is 2.65 bits per heavy atom. The first kappa shape index (κ1) is 19.3. The molecule has 3 aromatic carbocycles. The number of amides is 1. The molecule has 0 aliphatic carbocycles. The quantitative estimate of drug-likeness (QED) is 0.498. The minimum Gasteiger partial charge on any atom is -0.472 e. The Bertz CT molecular complexity index is 1230. The number of benzene rings is 3. The van der Waals surface area contributed by atoms with E-state index in [1.54, 1.807) is 18.2 Å². The minimum atomic E-state index is -0.409. The van der Waals surface area contributed by atoms with E-state index in [0.29, 0.717) is 22.4 Å². The van der Waals surface area contributed by atoms with Crippen LogP contribution in [0.15, 0.2) is 77.6 Å². The fourth-order valence-corrected chi connectivity index (χ4v) is 4.08. The number of fused-ring (bicyclic) bond motifs is 1. The number of hydrogen-bond acceptors (Lipinski definition) is 4. The molecule has 0 atom stereocenters. The average molecular weight is 415 g/mol. The second-order valence-corrected chi connectivity index (χ2v) is 7.58. The topological polar surface area (TPSA) is 57.5 Å². The van der Waals surface area contributed by atoms with Crippen LogP contribution in [0.2, 0.25) is 0 Å². The molecule has 2 N–H and O–H groups in total. The van der Waals surface area contributed by atoms with E-state index in [-0.39, 0.29) is 5.91 Å². The van der Waals surface area contributed by atoms with Crippen molar-refractivity contribution >= 4 is 28.1 Å². The van der Waals surface area contributed by atoms with Crippen molar-refractivity contribution in [1.82, 2.24) is 5.32 Å². The normalized spacial score (nSPS) is 14.0. The molecule has 0 saturated carbocycles. The van der Waals surface area contributed by atoms with E-state index in [4.69, 9.17) is 4.42 Å². The summed E-state index contributed by atoms with van der Waals surface area (Å²) in [7, 11) is 0. The number of rotatable bonds is 4. The Balaban J connectivity index is 1.56. The van der Waals surface area contributed by atoms with E-state index < -0.39 is 5.82 Å². The van der Waals surface area contributed by atoms with E-state index in [1.165, 1.54) is 18.6 Å². The smallest absolute Gasteiger partial charge is 0.256 e. The Labute approximate surface area is 179 Å². The molecule has 5 nitrogen and oxygen atoms in total. The lowest BCUT2D eigenvalue weighted by Crippen LogP contribution is -2.43. The summed E-state index contributed by atoms with van der Waals surface area (Å²) >= 11 is 0. The third-order valence-electron chi connectivity index (χ3n) is 5.66. The maximum atomic E-state index is 15.0. The number of carbonyl (C=O) groups is 1. The number of hydrogen-bond donors (Lipinski definition) is 2. The van der Waals surface area contributed by atoms with Crippen LogP contribution in [0.3, 0.4) is 0 Å². The fourth-order valence-electron chi connectivity index (χ4n) is 4.08. The third kappa shape index (κ3) is 3.78. The van der Waals surface area contributed by atoms with Gasteiger partial charge in [-0.05, 0) is 29.0 Å². The Morgan fingerprint density at radius 1 is 1.03 bits per heavy atom. The predicted octanol–water partition coefficient (Wildman–Crippen LogP) is 4.90. The van der Waals surface area contributed by atoms with Gasteiger partial charge in [0, 0.05) is 48.9 Å². The van der Waals surface area contributed by atoms with Crippen LogP contribution >= 0.6 is 0 Å². The maximum Gasteiger partial charge on any atom is 0.256 e. The first-order valence-electron chi connectivity index (χ1n) is 10.3. The van der Waals surface area contributed by atoms with Gasteiger partial charge in [-0.1, -0.05) is 36.4 Å². The molecular weight excluding hydrogens is 393 g/mol. The summed E-state index contributed by atoms with van der Waals surface area (Å²) in [5, 5.41) is 8.14. The second-order valence-electron chi connectivity index (χ2n) is 7.58. The van der Waals surface area contributed by atoms with Crippen LogP contribution in [-0.2, 0) is 0 Å². The molecule has 31 heavy (non-hydrogen) atoms. The summed E-state index contributed by atoms with van der Waals surface area (Å²) in [6, 6.07) is 18.3. The minimum absolute atomic E-state index is 0.261. The molecule has 0 radical (unpaired) electrons. The highest BCUT2D eigenvalue weighted by Crippen LogP contribution is 2.35. The van der Waals surface area contributed by atoms with Gasteiger partial charge in [-0.25, -0.2) is 4.39 Å². The van der Waals surface area contributed by atoms with E-state index >= 15 is 4.39 Å². The van der Waals surface area contributed by atoms with Crippen molar-refractivity contribution in [2.24, 2.45) is 0 Å². The predicted molar refractivity (Wildman–Crippen MR) is 121 cm³/mol. The van der Waals surface area contributed by atoms with Gasteiger partial charge >= 0.3 is 0 Å². The number of carbonyl (C=O) groups excluding carboxylic acids is 1. The van der Waals surface area contributed by atoms with Crippen LogP contribution in [0.25, 0.3) is 21.9 Å². The largest absolute Gasteiger partial charge is 0.472 e. The van der Waals surface area contributed by atoms with Gasteiger partial charge in [0.25, 0.3) is 5.91 Å². The molecule has 1 aliphatic rings. The van der Waals surface area contributed by atoms with Crippen molar-refractivity contribution in [2.45, 2.75) is 0 Å². The monoisotopic (exact) mass is 415 g/mol. The zero-order valence-electron chi connectivity index (χ0n) is 16.9. The molecule has 1 aromatic heterocycles. The summed E-state index contributed by atoms with van der Waals surface area (Å²) in [5.74, 6) is -0.669. The van der Waals surface area contributed by atoms with Gasteiger partial charge in [0.1, 0.15) is 5.82 Å². The average Bonchev–Trinajstić information content (AvgIpc) is 3.34. The highest BCUT2D eigenvalue weighted by atomic mass is 19.1. The van der Waals surface area contributed by atoms with Gasteiger partial charge in [-0.2, -0.15) is 0 Å². The first-order chi connectivity index (χ1) is 15.2. The number of piperazine rings is 1. The van der Waals surface area contributed by atoms with Crippen molar-refractivity contribution in [3.05, 3.63) is 84.6 Å². The standard InChI is InChI=1S/C25H22FN3O2/c26-22-15-23(28-25(30)20-7-3-5-17-4-1-2-6-19(17)20)24(29-11-9-27-10-12-29)14-21(22)18-8-13-31-16-18/h1-8,13-16,27H,9-12H2,(H,28,30). The van der Waals surface area contributed by atoms with Gasteiger partial charge < -0.3 is 20.0 Å². The molecule has 6 heteroatoms. The molecule has 1 aliphatic heterocycles. The van der Waals surface area contributed by atoms with Crippen LogP contribution in [0, 0.1) is 5.82 Å². The molecule has 1 fully saturated rings. The molecule has 0 unspecified atom stereocenters. The van der Waals surface area contributed by atoms with E-state index in [9.17, 15) is 4.79 Å². The second kappa shape index (κ2) is 8.24. The number of nitrogens with zero attached hydrogens (tertiary/aromatic N) is 1. The molecular formula is C25H22FN3O2. The molecule has 0 spiro atoms. The molecule has 1 saturated heterocycles. The van der Waals surface area contributed by atoms with Gasteiger partial charge in [0.15, 0.2) is 0 Å². The highest BCUT2D eigenvalue weighted by Gasteiger charge is 2.21.